The van der Waals surface area contributed by atoms with Crippen molar-refractivity contribution in [2.45, 2.75) is 12.5 Å². The van der Waals surface area contributed by atoms with Crippen LogP contribution in [0.1, 0.15) is 18.0 Å². The Morgan fingerprint density at radius 1 is 1.22 bits per heavy atom. The van der Waals surface area contributed by atoms with E-state index in [-0.39, 0.29) is 44.1 Å². The number of urea groups is 1. The first-order chi connectivity index (χ1) is 12.6. The van der Waals surface area contributed by atoms with Crippen LogP contribution in [0.3, 0.4) is 0 Å². The first kappa shape index (κ1) is 21.1. The first-order valence-corrected chi connectivity index (χ1v) is 9.78. The van der Waals surface area contributed by atoms with Crippen LogP contribution >= 0.6 is 0 Å². The van der Waals surface area contributed by atoms with E-state index in [1.54, 1.807) is 6.07 Å². The van der Waals surface area contributed by atoms with Gasteiger partial charge >= 0.3 is 6.03 Å². The van der Waals surface area contributed by atoms with Crippen molar-refractivity contribution < 1.29 is 22.4 Å². The molecule has 0 bridgehead atoms. The maximum atomic E-state index is 14.0. The van der Waals surface area contributed by atoms with Gasteiger partial charge in [0.25, 0.3) is 10.2 Å². The summed E-state index contributed by atoms with van der Waals surface area (Å²) in [6.07, 6.45) is -0.176. The van der Waals surface area contributed by atoms with Gasteiger partial charge < -0.3 is 16.0 Å². The third kappa shape index (κ3) is 5.15. The minimum Gasteiger partial charge on any atom is -0.352 e. The van der Waals surface area contributed by atoms with E-state index in [0.717, 1.165) is 4.31 Å². The van der Waals surface area contributed by atoms with Crippen molar-refractivity contribution in [3.63, 3.8) is 0 Å². The van der Waals surface area contributed by atoms with Gasteiger partial charge in [-0.05, 0) is 6.07 Å². The van der Waals surface area contributed by atoms with Gasteiger partial charge in [0.05, 0.1) is 12.5 Å². The molecule has 1 atom stereocenters. The van der Waals surface area contributed by atoms with Crippen molar-refractivity contribution in [1.82, 2.24) is 18.8 Å². The average molecular weight is 401 g/mol. The van der Waals surface area contributed by atoms with Crippen LogP contribution in [0.2, 0.25) is 0 Å². The highest BCUT2D eigenvalue weighted by atomic mass is 32.2. The normalized spacial score (nSPS) is 17.0. The molecule has 3 amide bonds. The van der Waals surface area contributed by atoms with Crippen molar-refractivity contribution in [3.05, 3.63) is 35.6 Å². The predicted octanol–water partition coefficient (Wildman–Crippen LogP) is -0.124. The number of nitrogens with zero attached hydrogens (tertiary/aromatic N) is 3. The summed E-state index contributed by atoms with van der Waals surface area (Å²) in [5.74, 6) is -0.871. The van der Waals surface area contributed by atoms with Crippen molar-refractivity contribution in [2.75, 3.05) is 40.3 Å². The molecule has 1 aliphatic heterocycles. The number of carbonyl (C=O) groups excluding carboxylic acids is 2. The van der Waals surface area contributed by atoms with Gasteiger partial charge in [-0.25, -0.2) is 9.18 Å². The quantitative estimate of drug-likeness (QED) is 0.691. The van der Waals surface area contributed by atoms with E-state index in [4.69, 9.17) is 5.73 Å². The van der Waals surface area contributed by atoms with Gasteiger partial charge in [0.2, 0.25) is 5.91 Å². The minimum atomic E-state index is -3.53. The monoisotopic (exact) mass is 401 g/mol. The summed E-state index contributed by atoms with van der Waals surface area (Å²) in [6, 6.07) is 4.05. The molecule has 0 aromatic heterocycles. The van der Waals surface area contributed by atoms with Crippen LogP contribution in [0.25, 0.3) is 0 Å². The Morgan fingerprint density at radius 3 is 2.33 bits per heavy atom. The molecule has 0 saturated carbocycles. The molecule has 1 aliphatic rings. The molecule has 150 valence electrons. The van der Waals surface area contributed by atoms with E-state index in [2.05, 4.69) is 5.32 Å². The molecular weight excluding hydrogens is 377 g/mol. The van der Waals surface area contributed by atoms with Crippen LogP contribution in [0, 0.1) is 5.82 Å². The van der Waals surface area contributed by atoms with Gasteiger partial charge in [-0.2, -0.15) is 17.0 Å². The topological polar surface area (TPSA) is 116 Å². The Labute approximate surface area is 158 Å². The fourth-order valence-electron chi connectivity index (χ4n) is 2.87. The lowest BCUT2D eigenvalue weighted by Crippen LogP contribution is -2.53. The van der Waals surface area contributed by atoms with Gasteiger partial charge in [-0.1, -0.05) is 18.2 Å². The smallest absolute Gasteiger partial charge is 0.312 e. The van der Waals surface area contributed by atoms with Crippen LogP contribution in [0.15, 0.2) is 24.3 Å². The van der Waals surface area contributed by atoms with E-state index in [1.165, 1.54) is 41.5 Å². The Balaban J connectivity index is 2.05. The first-order valence-electron chi connectivity index (χ1n) is 8.38. The molecule has 0 spiro atoms. The van der Waals surface area contributed by atoms with Gasteiger partial charge in [0, 0.05) is 45.8 Å². The lowest BCUT2D eigenvalue weighted by atomic mass is 10.0. The van der Waals surface area contributed by atoms with E-state index >= 15 is 0 Å². The Morgan fingerprint density at radius 2 is 1.81 bits per heavy atom. The molecule has 1 aromatic rings. The summed E-state index contributed by atoms with van der Waals surface area (Å²) >= 11 is 0. The number of piperazine rings is 1. The lowest BCUT2D eigenvalue weighted by molar-refractivity contribution is -0.132. The molecule has 11 heteroatoms. The number of hydrogen-bond donors (Lipinski definition) is 2. The SMILES string of the molecule is CN(C)S(=O)(=O)N1CCN(C(=O)C[C@H](NC(N)=O)c2ccccc2F)CC1. The predicted molar refractivity (Wildman–Crippen MR) is 97.2 cm³/mol. The average Bonchev–Trinajstić information content (AvgIpc) is 2.61. The molecule has 2 rings (SSSR count). The zero-order chi connectivity index (χ0) is 20.2. The van der Waals surface area contributed by atoms with Crippen LogP contribution in [-0.2, 0) is 15.0 Å². The molecule has 0 radical (unpaired) electrons. The standard InChI is InChI=1S/C16H24FN5O4S/c1-20(2)27(25,26)22-9-7-21(8-10-22)15(23)11-14(19-16(18)24)12-5-3-4-6-13(12)17/h3-6,14H,7-11H2,1-2H3,(H3,18,19,24)/t14-/m0/s1. The van der Waals surface area contributed by atoms with Crippen molar-refractivity contribution >= 4 is 22.1 Å². The van der Waals surface area contributed by atoms with E-state index in [1.807, 2.05) is 0 Å². The third-order valence-corrected chi connectivity index (χ3v) is 6.30. The van der Waals surface area contributed by atoms with Crippen LogP contribution < -0.4 is 11.1 Å². The number of amides is 3. The zero-order valence-corrected chi connectivity index (χ0v) is 16.1. The maximum Gasteiger partial charge on any atom is 0.312 e. The molecule has 3 N–H and O–H groups in total. The van der Waals surface area contributed by atoms with E-state index in [0.29, 0.717) is 0 Å². The highest BCUT2D eigenvalue weighted by molar-refractivity contribution is 7.86. The Bertz CT molecular complexity index is 794. The molecule has 0 unspecified atom stereocenters. The number of primary amides is 1. The number of nitrogens with one attached hydrogen (secondary N) is 1. The largest absolute Gasteiger partial charge is 0.352 e. The number of rotatable bonds is 6. The number of halogens is 1. The molecule has 1 aromatic carbocycles. The van der Waals surface area contributed by atoms with Gasteiger partial charge in [-0.15, -0.1) is 0 Å². The summed E-state index contributed by atoms with van der Waals surface area (Å²) in [5.41, 5.74) is 5.32. The van der Waals surface area contributed by atoms with Gasteiger partial charge in [-0.3, -0.25) is 4.79 Å². The molecule has 27 heavy (non-hydrogen) atoms. The van der Waals surface area contributed by atoms with E-state index < -0.39 is 28.1 Å². The van der Waals surface area contributed by atoms with Gasteiger partial charge in [0.1, 0.15) is 5.82 Å². The minimum absolute atomic E-state index is 0.165. The van der Waals surface area contributed by atoms with Crippen molar-refractivity contribution in [1.29, 1.82) is 0 Å². The summed E-state index contributed by atoms with van der Waals surface area (Å²) in [7, 11) is -0.639. The van der Waals surface area contributed by atoms with Crippen molar-refractivity contribution in [2.24, 2.45) is 5.73 Å². The van der Waals surface area contributed by atoms with Gasteiger partial charge in [0.15, 0.2) is 0 Å². The number of benzene rings is 1. The maximum absolute atomic E-state index is 14.0. The highest BCUT2D eigenvalue weighted by Crippen LogP contribution is 2.22. The molecule has 0 aliphatic carbocycles. The molecule has 1 saturated heterocycles. The second-order valence-corrected chi connectivity index (χ2v) is 8.50. The van der Waals surface area contributed by atoms with Crippen LogP contribution in [0.4, 0.5) is 9.18 Å². The Hall–Kier alpha value is -2.24. The Kier molecular flexibility index (Phi) is 6.73. The summed E-state index contributed by atoms with van der Waals surface area (Å²) in [6.45, 7) is 0.763. The van der Waals surface area contributed by atoms with Crippen LogP contribution in [-0.4, -0.2) is 74.1 Å². The summed E-state index contributed by atoms with van der Waals surface area (Å²) in [4.78, 5) is 25.4. The fourth-order valence-corrected chi connectivity index (χ4v) is 3.96. The second-order valence-electron chi connectivity index (χ2n) is 6.36. The molecule has 9 nitrogen and oxygen atoms in total. The highest BCUT2D eigenvalue weighted by Gasteiger charge is 2.31. The van der Waals surface area contributed by atoms with Crippen molar-refractivity contribution in [3.8, 4) is 0 Å². The summed E-state index contributed by atoms with van der Waals surface area (Å²) in [5, 5.41) is 2.39. The number of hydrogen-bond acceptors (Lipinski definition) is 4. The number of carbonyl (C=O) groups is 2. The lowest BCUT2D eigenvalue weighted by Gasteiger charge is -2.35. The molecule has 1 heterocycles. The molecule has 1 fully saturated rings. The zero-order valence-electron chi connectivity index (χ0n) is 15.3. The second kappa shape index (κ2) is 8.63. The van der Waals surface area contributed by atoms with Crippen LogP contribution in [0.5, 0.6) is 0 Å². The third-order valence-electron chi connectivity index (χ3n) is 4.35. The summed E-state index contributed by atoms with van der Waals surface area (Å²) < 4.78 is 40.7. The molecular formula is C16H24FN5O4S. The fraction of sp³-hybridized carbons (Fsp3) is 0.500. The number of nitrogens with two attached hydrogens (primary N) is 1. The van der Waals surface area contributed by atoms with E-state index in [9.17, 15) is 22.4 Å².